The summed E-state index contributed by atoms with van der Waals surface area (Å²) >= 11 is 5.80. The molecule has 1 N–H and O–H groups in total. The molecular weight excluding hydrogens is 282 g/mol. The Hall–Kier alpha value is -1.53. The minimum absolute atomic E-state index is 0.0375. The fourth-order valence-corrected chi connectivity index (χ4v) is 2.35. The van der Waals surface area contributed by atoms with E-state index in [1.54, 1.807) is 17.2 Å². The highest BCUT2D eigenvalue weighted by atomic mass is 35.5. The molecule has 0 radical (unpaired) electrons. The highest BCUT2D eigenvalue weighted by molar-refractivity contribution is 6.30. The molecule has 2 rings (SSSR count). The molecule has 0 atom stereocenters. The van der Waals surface area contributed by atoms with Crippen LogP contribution in [0.5, 0.6) is 0 Å². The standard InChI is InChI=1S/C13H18ClN3O3/c1-20-12(18)2-3-16-4-6-17(7-5-16)13(19)11-8-10(14)9-15-11/h8-9,15H,2-7H2,1H3. The number of hydrogen-bond acceptors (Lipinski definition) is 4. The second kappa shape index (κ2) is 6.76. The largest absolute Gasteiger partial charge is 0.469 e. The maximum Gasteiger partial charge on any atom is 0.306 e. The van der Waals surface area contributed by atoms with Gasteiger partial charge >= 0.3 is 5.97 Å². The van der Waals surface area contributed by atoms with Crippen molar-refractivity contribution in [3.63, 3.8) is 0 Å². The molecule has 1 aromatic rings. The van der Waals surface area contributed by atoms with E-state index in [9.17, 15) is 9.59 Å². The lowest BCUT2D eigenvalue weighted by Crippen LogP contribution is -2.49. The zero-order chi connectivity index (χ0) is 14.5. The van der Waals surface area contributed by atoms with Crippen molar-refractivity contribution in [2.75, 3.05) is 39.8 Å². The fourth-order valence-electron chi connectivity index (χ4n) is 2.19. The van der Waals surface area contributed by atoms with Gasteiger partial charge in [-0.05, 0) is 6.07 Å². The third kappa shape index (κ3) is 3.74. The van der Waals surface area contributed by atoms with Crippen LogP contribution in [0.15, 0.2) is 12.3 Å². The van der Waals surface area contributed by atoms with Gasteiger partial charge in [-0.3, -0.25) is 14.5 Å². The molecule has 1 aliphatic rings. The predicted molar refractivity (Wildman–Crippen MR) is 74.8 cm³/mol. The van der Waals surface area contributed by atoms with Gasteiger partial charge in [0.1, 0.15) is 5.69 Å². The summed E-state index contributed by atoms with van der Waals surface area (Å²) in [5.41, 5.74) is 0.512. The van der Waals surface area contributed by atoms with Crippen molar-refractivity contribution >= 4 is 23.5 Å². The molecule has 2 heterocycles. The van der Waals surface area contributed by atoms with Crippen molar-refractivity contribution < 1.29 is 14.3 Å². The molecule has 1 amide bonds. The number of ether oxygens (including phenoxy) is 1. The van der Waals surface area contributed by atoms with Gasteiger partial charge < -0.3 is 14.6 Å². The van der Waals surface area contributed by atoms with Crippen LogP contribution >= 0.6 is 11.6 Å². The first-order valence-electron chi connectivity index (χ1n) is 6.52. The lowest BCUT2D eigenvalue weighted by Gasteiger charge is -2.34. The number of piperazine rings is 1. The normalized spacial score (nSPS) is 16.2. The summed E-state index contributed by atoms with van der Waals surface area (Å²) in [7, 11) is 1.39. The van der Waals surface area contributed by atoms with Gasteiger partial charge in [0.25, 0.3) is 5.91 Å². The monoisotopic (exact) mass is 299 g/mol. The van der Waals surface area contributed by atoms with Crippen molar-refractivity contribution in [1.82, 2.24) is 14.8 Å². The van der Waals surface area contributed by atoms with Crippen LogP contribution in [0.25, 0.3) is 0 Å². The van der Waals surface area contributed by atoms with E-state index >= 15 is 0 Å². The van der Waals surface area contributed by atoms with E-state index in [1.807, 2.05) is 0 Å². The molecule has 7 heteroatoms. The number of nitrogens with one attached hydrogen (secondary N) is 1. The summed E-state index contributed by atoms with van der Waals surface area (Å²) in [4.78, 5) is 30.1. The molecule has 1 aliphatic heterocycles. The van der Waals surface area contributed by atoms with E-state index in [0.717, 1.165) is 13.1 Å². The highest BCUT2D eigenvalue weighted by Gasteiger charge is 2.23. The number of amides is 1. The van der Waals surface area contributed by atoms with Gasteiger partial charge in [-0.1, -0.05) is 11.6 Å². The maximum absolute atomic E-state index is 12.2. The first-order chi connectivity index (χ1) is 9.60. The molecule has 0 aromatic carbocycles. The Kier molecular flexibility index (Phi) is 5.03. The van der Waals surface area contributed by atoms with Crippen molar-refractivity contribution in [3.8, 4) is 0 Å². The lowest BCUT2D eigenvalue weighted by atomic mass is 10.2. The summed E-state index contributed by atoms with van der Waals surface area (Å²) in [5, 5.41) is 0.532. The number of nitrogens with zero attached hydrogens (tertiary/aromatic N) is 2. The number of methoxy groups -OCH3 is 1. The molecule has 0 aliphatic carbocycles. The van der Waals surface area contributed by atoms with Crippen LogP contribution in [0.3, 0.4) is 0 Å². The topological polar surface area (TPSA) is 65.6 Å². The molecule has 20 heavy (non-hydrogen) atoms. The van der Waals surface area contributed by atoms with Gasteiger partial charge in [-0.2, -0.15) is 0 Å². The van der Waals surface area contributed by atoms with E-state index in [2.05, 4.69) is 14.6 Å². The quantitative estimate of drug-likeness (QED) is 0.842. The Labute approximate surface area is 122 Å². The molecule has 1 aromatic heterocycles. The lowest BCUT2D eigenvalue weighted by molar-refractivity contribution is -0.141. The number of halogens is 1. The number of hydrogen-bond donors (Lipinski definition) is 1. The van der Waals surface area contributed by atoms with E-state index in [-0.39, 0.29) is 11.9 Å². The Morgan fingerprint density at radius 1 is 1.35 bits per heavy atom. The van der Waals surface area contributed by atoms with Gasteiger partial charge in [0, 0.05) is 38.9 Å². The molecule has 110 valence electrons. The molecule has 1 saturated heterocycles. The summed E-state index contributed by atoms with van der Waals surface area (Å²) in [6.07, 6.45) is 1.98. The Morgan fingerprint density at radius 2 is 2.05 bits per heavy atom. The number of esters is 1. The molecule has 0 bridgehead atoms. The van der Waals surface area contributed by atoms with Crippen LogP contribution in [0.2, 0.25) is 5.02 Å². The first kappa shape index (κ1) is 14.9. The summed E-state index contributed by atoms with van der Waals surface area (Å²) < 4.78 is 4.61. The highest BCUT2D eigenvalue weighted by Crippen LogP contribution is 2.13. The van der Waals surface area contributed by atoms with Gasteiger partial charge in [0.05, 0.1) is 18.6 Å². The van der Waals surface area contributed by atoms with Gasteiger partial charge in [0.2, 0.25) is 0 Å². The third-order valence-corrected chi connectivity index (χ3v) is 3.62. The number of aromatic nitrogens is 1. The van der Waals surface area contributed by atoms with Crippen LogP contribution in [0.1, 0.15) is 16.9 Å². The SMILES string of the molecule is COC(=O)CCN1CCN(C(=O)c2cc(Cl)c[nH]2)CC1. The minimum atomic E-state index is -0.204. The van der Waals surface area contributed by atoms with E-state index in [4.69, 9.17) is 11.6 Å². The van der Waals surface area contributed by atoms with E-state index in [0.29, 0.717) is 36.8 Å². The Balaban J connectivity index is 1.79. The van der Waals surface area contributed by atoms with Gasteiger partial charge in [0.15, 0.2) is 0 Å². The van der Waals surface area contributed by atoms with Crippen LogP contribution in [0, 0.1) is 0 Å². The maximum atomic E-state index is 12.2. The van der Waals surface area contributed by atoms with Gasteiger partial charge in [-0.15, -0.1) is 0 Å². The molecule has 6 nitrogen and oxygen atoms in total. The smallest absolute Gasteiger partial charge is 0.306 e. The number of aromatic amines is 1. The molecule has 0 unspecified atom stereocenters. The van der Waals surface area contributed by atoms with Crippen molar-refractivity contribution in [2.24, 2.45) is 0 Å². The van der Waals surface area contributed by atoms with Crippen molar-refractivity contribution in [2.45, 2.75) is 6.42 Å². The second-order valence-corrected chi connectivity index (χ2v) is 5.13. The van der Waals surface area contributed by atoms with E-state index < -0.39 is 0 Å². The average Bonchev–Trinajstić information content (AvgIpc) is 2.91. The molecule has 1 fully saturated rings. The number of rotatable bonds is 4. The average molecular weight is 300 g/mol. The second-order valence-electron chi connectivity index (χ2n) is 4.69. The summed E-state index contributed by atoms with van der Waals surface area (Å²) in [6, 6.07) is 1.63. The number of carbonyl (C=O) groups is 2. The summed E-state index contributed by atoms with van der Waals surface area (Å²) in [6.45, 7) is 3.49. The number of H-pyrrole nitrogens is 1. The first-order valence-corrected chi connectivity index (χ1v) is 6.90. The molecule has 0 saturated carbocycles. The predicted octanol–water partition coefficient (Wildman–Crippen LogP) is 0.989. The Morgan fingerprint density at radius 3 is 2.60 bits per heavy atom. The van der Waals surface area contributed by atoms with Crippen molar-refractivity contribution in [1.29, 1.82) is 0 Å². The van der Waals surface area contributed by atoms with Crippen LogP contribution in [-0.2, 0) is 9.53 Å². The fraction of sp³-hybridized carbons (Fsp3) is 0.538. The number of carbonyl (C=O) groups excluding carboxylic acids is 2. The van der Waals surface area contributed by atoms with Crippen molar-refractivity contribution in [3.05, 3.63) is 23.0 Å². The van der Waals surface area contributed by atoms with Crippen LogP contribution in [0.4, 0.5) is 0 Å². The van der Waals surface area contributed by atoms with Crippen LogP contribution < -0.4 is 0 Å². The zero-order valence-corrected chi connectivity index (χ0v) is 12.2. The zero-order valence-electron chi connectivity index (χ0n) is 11.4. The Bertz CT molecular complexity index is 481. The minimum Gasteiger partial charge on any atom is -0.469 e. The molecule has 0 spiro atoms. The van der Waals surface area contributed by atoms with Gasteiger partial charge in [-0.25, -0.2) is 0 Å². The third-order valence-electron chi connectivity index (χ3n) is 3.40. The van der Waals surface area contributed by atoms with E-state index in [1.165, 1.54) is 7.11 Å². The molecular formula is C13H18ClN3O3. The summed E-state index contributed by atoms with van der Waals surface area (Å²) in [5.74, 6) is -0.242. The van der Waals surface area contributed by atoms with Crippen LogP contribution in [-0.4, -0.2) is 66.5 Å².